The van der Waals surface area contributed by atoms with Crippen LogP contribution in [0.25, 0.3) is 0 Å². The number of hydrogen-bond donors (Lipinski definition) is 2. The van der Waals surface area contributed by atoms with Gasteiger partial charge >= 0.3 is 5.92 Å². The van der Waals surface area contributed by atoms with Gasteiger partial charge in [-0.15, -0.1) is 0 Å². The van der Waals surface area contributed by atoms with E-state index in [1.807, 2.05) is 6.92 Å². The van der Waals surface area contributed by atoms with E-state index in [0.29, 0.717) is 5.92 Å². The molecule has 0 spiro atoms. The van der Waals surface area contributed by atoms with Crippen LogP contribution in [0, 0.1) is 5.92 Å². The SMILES string of the molecule is CC(NCC(F)(F)C(N)=O)C1CC1. The monoisotopic (exact) mass is 192 g/mol. The number of nitrogens with two attached hydrogens (primary N) is 1. The molecule has 0 radical (unpaired) electrons. The van der Waals surface area contributed by atoms with Crippen LogP contribution in [0.2, 0.25) is 0 Å². The van der Waals surface area contributed by atoms with Gasteiger partial charge in [-0.2, -0.15) is 8.78 Å². The Labute approximate surface area is 75.7 Å². The molecule has 3 N–H and O–H groups in total. The molecule has 0 aromatic rings. The maximum atomic E-state index is 12.7. The van der Waals surface area contributed by atoms with Crippen LogP contribution < -0.4 is 11.1 Å². The van der Waals surface area contributed by atoms with Gasteiger partial charge < -0.3 is 11.1 Å². The highest BCUT2D eigenvalue weighted by atomic mass is 19.3. The summed E-state index contributed by atoms with van der Waals surface area (Å²) in [4.78, 5) is 10.3. The van der Waals surface area contributed by atoms with Gasteiger partial charge in [0.15, 0.2) is 0 Å². The van der Waals surface area contributed by atoms with Gasteiger partial charge in [-0.05, 0) is 25.7 Å². The molecule has 1 atom stereocenters. The minimum absolute atomic E-state index is 0.0465. The normalized spacial score (nSPS) is 19.9. The second-order valence-electron chi connectivity index (χ2n) is 3.58. The van der Waals surface area contributed by atoms with Crippen LogP contribution in [0.5, 0.6) is 0 Å². The zero-order chi connectivity index (χ0) is 10.1. The second-order valence-corrected chi connectivity index (χ2v) is 3.58. The van der Waals surface area contributed by atoms with E-state index in [9.17, 15) is 13.6 Å². The molecule has 3 nitrogen and oxygen atoms in total. The van der Waals surface area contributed by atoms with Gasteiger partial charge in [-0.1, -0.05) is 0 Å². The molecular formula is C8H14F2N2O. The highest BCUT2D eigenvalue weighted by Gasteiger charge is 2.38. The van der Waals surface area contributed by atoms with Crippen molar-refractivity contribution in [2.75, 3.05) is 6.54 Å². The van der Waals surface area contributed by atoms with E-state index in [0.717, 1.165) is 12.8 Å². The molecule has 0 bridgehead atoms. The van der Waals surface area contributed by atoms with Crippen molar-refractivity contribution in [2.45, 2.75) is 31.7 Å². The molecule has 1 rings (SSSR count). The first kappa shape index (κ1) is 10.4. The van der Waals surface area contributed by atoms with Crippen molar-refractivity contribution in [1.29, 1.82) is 0 Å². The third kappa shape index (κ3) is 2.91. The Morgan fingerprint density at radius 3 is 2.62 bits per heavy atom. The number of carbonyl (C=O) groups excluding carboxylic acids is 1. The zero-order valence-electron chi connectivity index (χ0n) is 7.52. The van der Waals surface area contributed by atoms with Crippen LogP contribution in [0.3, 0.4) is 0 Å². The lowest BCUT2D eigenvalue weighted by Crippen LogP contribution is -2.46. The highest BCUT2D eigenvalue weighted by Crippen LogP contribution is 2.32. The van der Waals surface area contributed by atoms with Crippen LogP contribution in [-0.4, -0.2) is 24.4 Å². The van der Waals surface area contributed by atoms with Crippen LogP contribution >= 0.6 is 0 Å². The molecule has 1 saturated carbocycles. The summed E-state index contributed by atoms with van der Waals surface area (Å²) in [5.74, 6) is -4.50. The quantitative estimate of drug-likeness (QED) is 0.666. The molecule has 13 heavy (non-hydrogen) atoms. The summed E-state index contributed by atoms with van der Waals surface area (Å²) in [6, 6.07) is 0.0465. The number of primary amides is 1. The van der Waals surface area contributed by atoms with Crippen molar-refractivity contribution in [3.63, 3.8) is 0 Å². The molecule has 1 fully saturated rings. The number of carbonyl (C=O) groups is 1. The maximum absolute atomic E-state index is 12.7. The molecule has 1 aliphatic rings. The maximum Gasteiger partial charge on any atom is 0.336 e. The van der Waals surface area contributed by atoms with Crippen molar-refractivity contribution in [3.8, 4) is 0 Å². The van der Waals surface area contributed by atoms with Crippen LogP contribution in [0.1, 0.15) is 19.8 Å². The van der Waals surface area contributed by atoms with Crippen molar-refractivity contribution in [1.82, 2.24) is 5.32 Å². The summed E-state index contributed by atoms with van der Waals surface area (Å²) in [6.07, 6.45) is 2.16. The van der Waals surface area contributed by atoms with Gasteiger partial charge in [0, 0.05) is 6.04 Å². The Kier molecular flexibility index (Phi) is 2.85. The number of nitrogens with one attached hydrogen (secondary N) is 1. The van der Waals surface area contributed by atoms with E-state index in [2.05, 4.69) is 11.1 Å². The van der Waals surface area contributed by atoms with E-state index < -0.39 is 18.4 Å². The summed E-state index contributed by atoms with van der Waals surface area (Å²) >= 11 is 0. The Morgan fingerprint density at radius 2 is 2.23 bits per heavy atom. The standard InChI is InChI=1S/C8H14F2N2O/c1-5(6-2-3-6)12-4-8(9,10)7(11)13/h5-6,12H,2-4H2,1H3,(H2,11,13). The fourth-order valence-electron chi connectivity index (χ4n) is 1.14. The van der Waals surface area contributed by atoms with Gasteiger partial charge in [-0.3, -0.25) is 4.79 Å². The number of alkyl halides is 2. The van der Waals surface area contributed by atoms with E-state index in [-0.39, 0.29) is 6.04 Å². The van der Waals surface area contributed by atoms with Gasteiger partial charge in [0.05, 0.1) is 6.54 Å². The molecule has 1 amide bonds. The molecule has 0 aromatic carbocycles. The molecule has 0 saturated heterocycles. The Morgan fingerprint density at radius 1 is 1.69 bits per heavy atom. The number of hydrogen-bond acceptors (Lipinski definition) is 2. The molecule has 0 aliphatic heterocycles. The predicted octanol–water partition coefficient (Wildman–Crippen LogP) is 0.495. The third-order valence-electron chi connectivity index (χ3n) is 2.34. The summed E-state index contributed by atoms with van der Waals surface area (Å²) in [7, 11) is 0. The Balaban J connectivity index is 2.27. The lowest BCUT2D eigenvalue weighted by atomic mass is 10.2. The molecule has 1 aliphatic carbocycles. The van der Waals surface area contributed by atoms with Gasteiger partial charge in [0.25, 0.3) is 5.91 Å². The molecular weight excluding hydrogens is 178 g/mol. The smallest absolute Gasteiger partial charge is 0.336 e. The first-order chi connectivity index (χ1) is 5.93. The number of halogens is 2. The van der Waals surface area contributed by atoms with E-state index in [4.69, 9.17) is 0 Å². The Hall–Kier alpha value is -0.710. The van der Waals surface area contributed by atoms with Crippen LogP contribution in [0.4, 0.5) is 8.78 Å². The van der Waals surface area contributed by atoms with E-state index in [1.165, 1.54) is 0 Å². The predicted molar refractivity (Wildman–Crippen MR) is 44.3 cm³/mol. The first-order valence-electron chi connectivity index (χ1n) is 4.34. The summed E-state index contributed by atoms with van der Waals surface area (Å²) in [5, 5.41) is 2.62. The second kappa shape index (κ2) is 3.57. The molecule has 0 aromatic heterocycles. The van der Waals surface area contributed by atoms with Gasteiger partial charge in [-0.25, -0.2) is 0 Å². The average molecular weight is 192 g/mol. The van der Waals surface area contributed by atoms with E-state index >= 15 is 0 Å². The summed E-state index contributed by atoms with van der Waals surface area (Å²) in [6.45, 7) is 1.19. The van der Waals surface area contributed by atoms with Crippen molar-refractivity contribution >= 4 is 5.91 Å². The molecule has 0 heterocycles. The van der Waals surface area contributed by atoms with Crippen molar-refractivity contribution in [2.24, 2.45) is 11.7 Å². The fourth-order valence-corrected chi connectivity index (χ4v) is 1.14. The topological polar surface area (TPSA) is 55.1 Å². The van der Waals surface area contributed by atoms with Gasteiger partial charge in [0.2, 0.25) is 0 Å². The first-order valence-corrected chi connectivity index (χ1v) is 4.34. The van der Waals surface area contributed by atoms with Crippen LogP contribution in [-0.2, 0) is 4.79 Å². The summed E-state index contributed by atoms with van der Waals surface area (Å²) < 4.78 is 25.3. The largest absolute Gasteiger partial charge is 0.364 e. The van der Waals surface area contributed by atoms with Crippen molar-refractivity contribution in [3.05, 3.63) is 0 Å². The average Bonchev–Trinajstić information content (AvgIpc) is 2.82. The minimum atomic E-state index is -3.43. The minimum Gasteiger partial charge on any atom is -0.364 e. The van der Waals surface area contributed by atoms with E-state index in [1.54, 1.807) is 0 Å². The molecule has 1 unspecified atom stereocenters. The number of rotatable bonds is 5. The number of amides is 1. The zero-order valence-corrected chi connectivity index (χ0v) is 7.52. The lowest BCUT2D eigenvalue weighted by Gasteiger charge is -2.17. The Bertz CT molecular complexity index is 204. The van der Waals surface area contributed by atoms with Crippen molar-refractivity contribution < 1.29 is 13.6 Å². The third-order valence-corrected chi connectivity index (χ3v) is 2.34. The molecule has 5 heteroatoms. The summed E-state index contributed by atoms with van der Waals surface area (Å²) in [5.41, 5.74) is 4.52. The fraction of sp³-hybridized carbons (Fsp3) is 0.875. The lowest BCUT2D eigenvalue weighted by molar-refractivity contribution is -0.141. The van der Waals surface area contributed by atoms with Gasteiger partial charge in [0.1, 0.15) is 0 Å². The molecule has 76 valence electrons. The highest BCUT2D eigenvalue weighted by molar-refractivity contribution is 5.81. The van der Waals surface area contributed by atoms with Crippen LogP contribution in [0.15, 0.2) is 0 Å².